The number of fused-ring (bicyclic) bond motifs is 2. The Morgan fingerprint density at radius 3 is 2.63 bits per heavy atom. The molecule has 0 N–H and O–H groups in total. The largest absolute Gasteiger partial charge is 0.493 e. The number of hydrogen-bond donors (Lipinski definition) is 0. The predicted octanol–water partition coefficient (Wildman–Crippen LogP) is 8.35. The van der Waals surface area contributed by atoms with Crippen LogP contribution in [0.2, 0.25) is 10.0 Å². The predicted molar refractivity (Wildman–Crippen MR) is 166 cm³/mol. The zero-order valence-electron chi connectivity index (χ0n) is 21.5. The van der Waals surface area contributed by atoms with Gasteiger partial charge in [-0.05, 0) is 60.2 Å². The van der Waals surface area contributed by atoms with Crippen molar-refractivity contribution in [3.05, 3.63) is 121 Å². The number of rotatable bonds is 7. The van der Waals surface area contributed by atoms with Gasteiger partial charge in [0.25, 0.3) is 5.56 Å². The van der Waals surface area contributed by atoms with Crippen LogP contribution in [0.1, 0.15) is 11.1 Å². The molecule has 0 saturated heterocycles. The zero-order valence-corrected chi connectivity index (χ0v) is 24.6. The molecule has 0 atom stereocenters. The van der Waals surface area contributed by atoms with Crippen molar-refractivity contribution in [1.82, 2.24) is 9.66 Å². The molecule has 2 aromatic heterocycles. The van der Waals surface area contributed by atoms with Gasteiger partial charge in [-0.1, -0.05) is 69.5 Å². The second-order valence-electron chi connectivity index (χ2n) is 9.02. The normalized spacial score (nSPS) is 11.5. The summed E-state index contributed by atoms with van der Waals surface area (Å²) >= 11 is 16.3. The van der Waals surface area contributed by atoms with Crippen LogP contribution < -0.4 is 15.0 Å². The van der Waals surface area contributed by atoms with Gasteiger partial charge in [0.05, 0.1) is 29.2 Å². The van der Waals surface area contributed by atoms with Gasteiger partial charge in [0.2, 0.25) is 5.82 Å². The monoisotopic (exact) mass is 647 g/mol. The third-order valence-electron chi connectivity index (χ3n) is 6.36. The van der Waals surface area contributed by atoms with Crippen LogP contribution in [0.5, 0.6) is 11.5 Å². The summed E-state index contributed by atoms with van der Waals surface area (Å²) in [5.41, 5.74) is 2.24. The summed E-state index contributed by atoms with van der Waals surface area (Å²) < 4.78 is 19.7. The number of benzene rings is 4. The maximum Gasteiger partial charge on any atom is 0.282 e. The number of furan rings is 1. The number of nitrogens with zero attached hydrogens (tertiary/aromatic N) is 3. The summed E-state index contributed by atoms with van der Waals surface area (Å²) in [5.74, 6) is 1.43. The first kappa shape index (κ1) is 27.1. The van der Waals surface area contributed by atoms with E-state index < -0.39 is 0 Å². The van der Waals surface area contributed by atoms with Gasteiger partial charge < -0.3 is 13.9 Å². The van der Waals surface area contributed by atoms with E-state index in [2.05, 4.69) is 21.0 Å². The minimum atomic E-state index is -0.346. The quantitative estimate of drug-likeness (QED) is 0.163. The molecule has 0 spiro atoms. The molecule has 0 radical (unpaired) electrons. The number of hydrogen-bond acceptors (Lipinski definition) is 6. The summed E-state index contributed by atoms with van der Waals surface area (Å²) in [5, 5.41) is 6.70. The van der Waals surface area contributed by atoms with Crippen LogP contribution in [0.4, 0.5) is 0 Å². The molecule has 2 heterocycles. The van der Waals surface area contributed by atoms with Gasteiger partial charge in [-0.25, -0.2) is 4.98 Å². The van der Waals surface area contributed by atoms with Crippen molar-refractivity contribution in [2.75, 3.05) is 7.11 Å². The Bertz CT molecular complexity index is 2020. The Morgan fingerprint density at radius 1 is 1.00 bits per heavy atom. The SMILES string of the molecule is COc1cc(C=Nn2c(-c3cc4cc(Br)ccc4o3)nc3ccccc3c2=O)cc(Cl)c1OCc1ccccc1Cl. The van der Waals surface area contributed by atoms with Crippen molar-refractivity contribution in [2.45, 2.75) is 6.61 Å². The van der Waals surface area contributed by atoms with E-state index in [0.717, 1.165) is 15.4 Å². The second-order valence-corrected chi connectivity index (χ2v) is 10.8. The zero-order chi connectivity index (χ0) is 28.5. The van der Waals surface area contributed by atoms with Crippen LogP contribution in [0.3, 0.4) is 0 Å². The van der Waals surface area contributed by atoms with Crippen molar-refractivity contribution in [1.29, 1.82) is 0 Å². The minimum Gasteiger partial charge on any atom is -0.493 e. The van der Waals surface area contributed by atoms with E-state index in [0.29, 0.717) is 49.4 Å². The molecule has 4 aromatic carbocycles. The summed E-state index contributed by atoms with van der Waals surface area (Å²) in [6, 6.07) is 25.4. The number of halogens is 3. The summed E-state index contributed by atoms with van der Waals surface area (Å²) in [6.07, 6.45) is 1.51. The molecule has 0 aliphatic heterocycles. The molecule has 204 valence electrons. The van der Waals surface area contributed by atoms with Crippen molar-refractivity contribution in [3.63, 3.8) is 0 Å². The van der Waals surface area contributed by atoms with Crippen molar-refractivity contribution in [3.8, 4) is 23.1 Å². The molecule has 0 fully saturated rings. The van der Waals surface area contributed by atoms with E-state index in [-0.39, 0.29) is 18.0 Å². The maximum absolute atomic E-state index is 13.6. The van der Waals surface area contributed by atoms with Crippen LogP contribution in [0.25, 0.3) is 33.5 Å². The number of para-hydroxylation sites is 1. The lowest BCUT2D eigenvalue weighted by molar-refractivity contribution is 0.285. The first-order chi connectivity index (χ1) is 19.9. The van der Waals surface area contributed by atoms with Crippen LogP contribution >= 0.6 is 39.1 Å². The van der Waals surface area contributed by atoms with Crippen LogP contribution in [0, 0.1) is 0 Å². The molecule has 0 amide bonds. The van der Waals surface area contributed by atoms with Crippen LogP contribution in [0.15, 0.2) is 104 Å². The number of methoxy groups -OCH3 is 1. The lowest BCUT2D eigenvalue weighted by Crippen LogP contribution is -2.20. The van der Waals surface area contributed by atoms with Gasteiger partial charge in [0.15, 0.2) is 17.3 Å². The highest BCUT2D eigenvalue weighted by molar-refractivity contribution is 9.10. The molecular formula is C31H20BrCl2N3O4. The Labute approximate surface area is 252 Å². The third-order valence-corrected chi connectivity index (χ3v) is 7.50. The highest BCUT2D eigenvalue weighted by Gasteiger charge is 2.17. The molecular weight excluding hydrogens is 629 g/mol. The number of ether oxygens (including phenoxy) is 2. The summed E-state index contributed by atoms with van der Waals surface area (Å²) in [6.45, 7) is 0.207. The molecule has 6 rings (SSSR count). The minimum absolute atomic E-state index is 0.207. The fourth-order valence-corrected chi connectivity index (χ4v) is 5.20. The van der Waals surface area contributed by atoms with Gasteiger partial charge in [0, 0.05) is 20.4 Å². The van der Waals surface area contributed by atoms with E-state index in [1.807, 2.05) is 48.5 Å². The van der Waals surface area contributed by atoms with E-state index in [4.69, 9.17) is 42.1 Å². The standard InChI is InChI=1S/C31H20BrCl2N3O4/c1-39-27-13-18(12-24(34)29(27)40-17-19-6-2-4-8-23(19)33)16-35-37-30(36-25-9-5-3-7-22(25)31(37)38)28-15-20-14-21(32)10-11-26(20)41-28/h2-16H,17H2,1H3. The first-order valence-corrected chi connectivity index (χ1v) is 14.0. The molecule has 41 heavy (non-hydrogen) atoms. The first-order valence-electron chi connectivity index (χ1n) is 12.4. The number of aromatic nitrogens is 2. The third kappa shape index (κ3) is 5.46. The molecule has 0 unspecified atom stereocenters. The smallest absolute Gasteiger partial charge is 0.282 e. The van der Waals surface area contributed by atoms with Gasteiger partial charge in [-0.15, -0.1) is 0 Å². The van der Waals surface area contributed by atoms with E-state index in [1.54, 1.807) is 36.4 Å². The Kier molecular flexibility index (Phi) is 7.53. The Morgan fingerprint density at radius 2 is 1.80 bits per heavy atom. The lowest BCUT2D eigenvalue weighted by atomic mass is 10.2. The maximum atomic E-state index is 13.6. The average Bonchev–Trinajstić information content (AvgIpc) is 3.39. The van der Waals surface area contributed by atoms with E-state index in [9.17, 15) is 4.79 Å². The molecule has 0 saturated carbocycles. The average molecular weight is 649 g/mol. The van der Waals surface area contributed by atoms with Crippen molar-refractivity contribution >= 4 is 67.2 Å². The van der Waals surface area contributed by atoms with Crippen LogP contribution in [-0.4, -0.2) is 23.0 Å². The van der Waals surface area contributed by atoms with Crippen molar-refractivity contribution < 1.29 is 13.9 Å². The van der Waals surface area contributed by atoms with E-state index in [1.165, 1.54) is 18.0 Å². The van der Waals surface area contributed by atoms with Gasteiger partial charge >= 0.3 is 0 Å². The van der Waals surface area contributed by atoms with Gasteiger partial charge in [-0.3, -0.25) is 4.79 Å². The van der Waals surface area contributed by atoms with E-state index >= 15 is 0 Å². The fourth-order valence-electron chi connectivity index (χ4n) is 4.36. The molecule has 6 aromatic rings. The Balaban J connectivity index is 1.40. The summed E-state index contributed by atoms with van der Waals surface area (Å²) in [4.78, 5) is 18.3. The Hall–Kier alpha value is -4.11. The molecule has 0 bridgehead atoms. The molecule has 10 heteroatoms. The fraction of sp³-hybridized carbons (Fsp3) is 0.0645. The lowest BCUT2D eigenvalue weighted by Gasteiger charge is -2.14. The second kappa shape index (κ2) is 11.4. The summed E-state index contributed by atoms with van der Waals surface area (Å²) in [7, 11) is 1.52. The van der Waals surface area contributed by atoms with Gasteiger partial charge in [0.1, 0.15) is 12.2 Å². The molecule has 7 nitrogen and oxygen atoms in total. The molecule has 0 aliphatic carbocycles. The van der Waals surface area contributed by atoms with Crippen molar-refractivity contribution in [2.24, 2.45) is 5.10 Å². The molecule has 0 aliphatic rings. The van der Waals surface area contributed by atoms with Crippen LogP contribution in [-0.2, 0) is 6.61 Å². The highest BCUT2D eigenvalue weighted by Crippen LogP contribution is 2.37. The van der Waals surface area contributed by atoms with Gasteiger partial charge in [-0.2, -0.15) is 9.78 Å². The highest BCUT2D eigenvalue weighted by atomic mass is 79.9. The topological polar surface area (TPSA) is 78.9 Å².